The number of nitrogens with one attached hydrogen (secondary N) is 3. The number of nitrogens with zero attached hydrogens (tertiary/aromatic N) is 2. The molecule has 0 spiro atoms. The maximum atomic E-state index is 14.2. The summed E-state index contributed by atoms with van der Waals surface area (Å²) in [5.74, 6) is -2.14. The van der Waals surface area contributed by atoms with Crippen LogP contribution in [0.1, 0.15) is 62.1 Å². The van der Waals surface area contributed by atoms with Crippen LogP contribution < -0.4 is 21.5 Å². The van der Waals surface area contributed by atoms with E-state index in [0.717, 1.165) is 135 Å². The van der Waals surface area contributed by atoms with Crippen LogP contribution in [0.2, 0.25) is 0 Å². The van der Waals surface area contributed by atoms with Gasteiger partial charge in [-0.3, -0.25) is 53.9 Å². The summed E-state index contributed by atoms with van der Waals surface area (Å²) in [6.45, 7) is 0. The number of hydrogen-bond donors (Lipinski definition) is 3. The number of pyridine rings is 1. The lowest BCUT2D eigenvalue weighted by atomic mass is 9.80. The van der Waals surface area contributed by atoms with Gasteiger partial charge in [-0.15, -0.1) is 0 Å². The highest BCUT2D eigenvalue weighted by atomic mass is 16.2. The molecule has 28 rings (SSSR count). The molecule has 0 saturated carbocycles. The van der Waals surface area contributed by atoms with E-state index in [1.54, 1.807) is 4.40 Å². The van der Waals surface area contributed by atoms with E-state index in [-0.39, 0.29) is 41.0 Å². The van der Waals surface area contributed by atoms with Gasteiger partial charge in [0.2, 0.25) is 0 Å². The molecule has 0 atom stereocenters. The third-order valence-corrected chi connectivity index (χ3v) is 25.2. The fourth-order valence-corrected chi connectivity index (χ4v) is 21.1. The number of carbonyl (C=O) groups excluding carboxylic acids is 6. The van der Waals surface area contributed by atoms with E-state index in [4.69, 9.17) is 4.98 Å². The fraction of sp³-hybridized carbons (Fsp3) is 0. The van der Waals surface area contributed by atoms with Crippen LogP contribution in [0.4, 0.5) is 0 Å². The maximum Gasteiger partial charge on any atom is 0.264 e. The Hall–Kier alpha value is -14.6. The Morgan fingerprint density at radius 2 is 0.368 bits per heavy atom. The number of hydrogen-bond acceptors (Lipinski definition) is 8. The minimum absolute atomic E-state index is 0.0421. The first-order valence-electron chi connectivity index (χ1n) is 35.4. The Balaban J connectivity index is 0.000000118. The van der Waals surface area contributed by atoms with Crippen LogP contribution in [0.25, 0.3) is 243 Å². The van der Waals surface area contributed by atoms with E-state index >= 15 is 0 Å². The molecule has 0 unspecified atom stereocenters. The first-order chi connectivity index (χ1) is 52.0. The zero-order chi connectivity index (χ0) is 69.3. The third-order valence-electron chi connectivity index (χ3n) is 25.2. The lowest BCUT2D eigenvalue weighted by molar-refractivity contribution is 0.0828. The van der Waals surface area contributed by atoms with Crippen molar-refractivity contribution in [1.82, 2.24) is 25.3 Å². The SMILES string of the molecule is O=C1NC(=O)c2ccc3c4ccc5c6ccc7c8ccc9c%10c(ccc(c%11ccc(c%12ccc(c%13ccc1c2c%133)c4c%125)c6c%117)c%108)C(=O)NC9=O.O=C1NC(=O)c2ccc3c4ccc5c6ccc7c8ccc9c%10c(ccc(c%11ccc(c%12ccc(c%13ccc1c2c%133)c4c%125)c6c%117)c8%10)c(=O)n1c2ccccc2nc91. The smallest absolute Gasteiger partial charge is 0.264 e. The quantitative estimate of drug-likeness (QED) is 0.0764. The molecule has 12 nitrogen and oxygen atoms in total. The molecule has 0 aliphatic carbocycles. The van der Waals surface area contributed by atoms with Gasteiger partial charge >= 0.3 is 0 Å². The summed E-state index contributed by atoms with van der Waals surface area (Å²) in [4.78, 5) is 96.7. The second-order valence-electron chi connectivity index (χ2n) is 29.5. The summed E-state index contributed by atoms with van der Waals surface area (Å²) in [5.41, 5.74) is 5.48. The Bertz CT molecular complexity index is 8280. The number of benzene rings is 23. The zero-order valence-electron chi connectivity index (χ0n) is 55.0. The van der Waals surface area contributed by atoms with Crippen molar-refractivity contribution in [3.8, 4) is 0 Å². The first-order valence-corrected chi connectivity index (χ1v) is 35.4. The number of aromatic nitrogens is 2. The molecule has 482 valence electrons. The molecule has 106 heavy (non-hydrogen) atoms. The highest BCUT2D eigenvalue weighted by Gasteiger charge is 2.34. The molecular formula is C94H39N5O7. The Kier molecular flexibility index (Phi) is 9.01. The van der Waals surface area contributed by atoms with E-state index in [2.05, 4.69) is 131 Å². The standard InChI is InChI=1S/C50H21N3O3.C44H18N2O4/c54-48-34-18-14-30-26-10-6-22-21-5-9-25-29-13-17-33-45-36(50(56)53-38-4-2-1-3-37(38)51-47(33)53)20-16-32(43(29)45)28-12-8-24(39(21)41(25)28)23-7-11-27(42(26)40(22)23)31-15-19-35(49(55)52-48)46(34)44(30)31;47-41-29-13-9-25-21-5-1-17-18-2-6-23-27-11-15-31-40-32(44(50)46-43(31)49)16-12-28(38(27)40)24-8-4-20(34(18)36(23)24)19-3-7-22(35(21)33(17)19)26-10-14-30(42(48)45-41)39(29)37(25)26/h1-20H,(H,52,54,55);1-16H,(H,45,47,48)(H,46,49,50). The highest BCUT2D eigenvalue weighted by Crippen LogP contribution is 2.55. The van der Waals surface area contributed by atoms with Gasteiger partial charge in [0.25, 0.3) is 41.0 Å². The van der Waals surface area contributed by atoms with Crippen molar-refractivity contribution in [2.75, 3.05) is 0 Å². The first kappa shape index (κ1) is 54.2. The Morgan fingerprint density at radius 3 is 0.604 bits per heavy atom. The molecule has 5 heterocycles. The Morgan fingerprint density at radius 1 is 0.189 bits per heavy atom. The molecule has 0 bridgehead atoms. The summed E-state index contributed by atoms with van der Waals surface area (Å²) < 4.78 is 1.77. The van der Waals surface area contributed by atoms with E-state index in [9.17, 15) is 33.6 Å². The average Bonchev–Trinajstić information content (AvgIpc) is 1.28. The molecule has 0 radical (unpaired) electrons. The van der Waals surface area contributed by atoms with Crippen LogP contribution >= 0.6 is 0 Å². The molecule has 25 aromatic rings. The van der Waals surface area contributed by atoms with Gasteiger partial charge in [0, 0.05) is 65.7 Å². The summed E-state index contributed by atoms with van der Waals surface area (Å²) >= 11 is 0. The zero-order valence-corrected chi connectivity index (χ0v) is 55.0. The van der Waals surface area contributed by atoms with Crippen LogP contribution in [0.15, 0.2) is 223 Å². The maximum absolute atomic E-state index is 14.2. The molecule has 3 aliphatic heterocycles. The van der Waals surface area contributed by atoms with E-state index < -0.39 is 0 Å². The number of para-hydroxylation sites is 2. The molecule has 3 aliphatic rings. The molecule has 3 N–H and O–H groups in total. The van der Waals surface area contributed by atoms with E-state index in [1.165, 1.54) is 97.0 Å². The van der Waals surface area contributed by atoms with Gasteiger partial charge in [-0.1, -0.05) is 158 Å². The van der Waals surface area contributed by atoms with Gasteiger partial charge in [0.15, 0.2) is 0 Å². The molecule has 6 amide bonds. The number of fused-ring (bicyclic) bond motifs is 16. The lowest BCUT2D eigenvalue weighted by Crippen LogP contribution is -2.34. The van der Waals surface area contributed by atoms with Crippen LogP contribution in [0.3, 0.4) is 0 Å². The minimum atomic E-state index is -0.360. The molecular weight excluding hydrogens is 1310 g/mol. The number of imidazole rings is 1. The minimum Gasteiger partial charge on any atom is -0.288 e. The summed E-state index contributed by atoms with van der Waals surface area (Å²) in [6, 6.07) is 75.5. The second kappa shape index (κ2) is 17.6. The van der Waals surface area contributed by atoms with Gasteiger partial charge in [-0.05, 0) is 255 Å². The number of carbonyl (C=O) groups is 6. The van der Waals surface area contributed by atoms with Gasteiger partial charge in [0.05, 0.1) is 11.0 Å². The second-order valence-corrected chi connectivity index (χ2v) is 29.5. The van der Waals surface area contributed by atoms with E-state index in [1.807, 2.05) is 103 Å². The summed E-state index contributed by atoms with van der Waals surface area (Å²) in [6.07, 6.45) is 0. The third kappa shape index (κ3) is 5.89. The van der Waals surface area contributed by atoms with Crippen molar-refractivity contribution >= 4 is 278 Å². The predicted molar refractivity (Wildman–Crippen MR) is 427 cm³/mol. The highest BCUT2D eigenvalue weighted by molar-refractivity contribution is 6.51. The van der Waals surface area contributed by atoms with Crippen LogP contribution in [0, 0.1) is 0 Å². The summed E-state index contributed by atoms with van der Waals surface area (Å²) in [5, 5.41) is 52.8. The Labute approximate surface area is 591 Å². The van der Waals surface area contributed by atoms with Gasteiger partial charge in [-0.25, -0.2) is 4.98 Å². The van der Waals surface area contributed by atoms with Crippen LogP contribution in [0.5, 0.6) is 0 Å². The van der Waals surface area contributed by atoms with Gasteiger partial charge in [-0.2, -0.15) is 0 Å². The lowest BCUT2D eigenvalue weighted by Gasteiger charge is -2.24. The van der Waals surface area contributed by atoms with Crippen molar-refractivity contribution in [3.05, 3.63) is 262 Å². The molecule has 12 heteroatoms. The molecule has 0 fully saturated rings. The van der Waals surface area contributed by atoms with E-state index in [0.29, 0.717) is 44.4 Å². The molecule has 2 aromatic heterocycles. The summed E-state index contributed by atoms with van der Waals surface area (Å²) in [7, 11) is 0. The van der Waals surface area contributed by atoms with Crippen LogP contribution in [-0.4, -0.2) is 44.8 Å². The van der Waals surface area contributed by atoms with Crippen molar-refractivity contribution in [3.63, 3.8) is 0 Å². The van der Waals surface area contributed by atoms with Crippen molar-refractivity contribution < 1.29 is 28.8 Å². The van der Waals surface area contributed by atoms with Crippen molar-refractivity contribution in [1.29, 1.82) is 0 Å². The topological polar surface area (TPSA) is 173 Å². The number of rotatable bonds is 0. The average molecular weight is 1350 g/mol. The normalized spacial score (nSPS) is 14.4. The predicted octanol–water partition coefficient (Wildman–Crippen LogP) is 20.5. The van der Waals surface area contributed by atoms with Gasteiger partial charge in [0.1, 0.15) is 5.65 Å². The molecule has 0 saturated heterocycles. The number of imide groups is 3. The molecule has 23 aromatic carbocycles. The largest absolute Gasteiger partial charge is 0.288 e. The van der Waals surface area contributed by atoms with Crippen LogP contribution in [-0.2, 0) is 0 Å². The monoisotopic (exact) mass is 1350 g/mol. The fourth-order valence-electron chi connectivity index (χ4n) is 21.1. The van der Waals surface area contributed by atoms with Gasteiger partial charge < -0.3 is 0 Å². The van der Waals surface area contributed by atoms with Crippen molar-refractivity contribution in [2.45, 2.75) is 0 Å². The number of amides is 6. The van der Waals surface area contributed by atoms with Crippen molar-refractivity contribution in [2.24, 2.45) is 0 Å².